The van der Waals surface area contributed by atoms with Crippen molar-refractivity contribution in [2.24, 2.45) is 5.41 Å². The number of rotatable bonds is 1. The minimum atomic E-state index is -0.394. The third kappa shape index (κ3) is 3.67. The van der Waals surface area contributed by atoms with Gasteiger partial charge in [-0.25, -0.2) is 4.98 Å². The number of carbonyl (C=O) groups is 2. The molecule has 0 atom stereocenters. The van der Waals surface area contributed by atoms with Gasteiger partial charge in [0.2, 0.25) is 5.91 Å². The number of hydrogen-bond donors (Lipinski definition) is 0. The van der Waals surface area contributed by atoms with E-state index in [1.807, 2.05) is 30.6 Å². The van der Waals surface area contributed by atoms with Gasteiger partial charge in [0.15, 0.2) is 11.5 Å². The maximum absolute atomic E-state index is 12.8. The monoisotopic (exact) mass is 343 g/mol. The van der Waals surface area contributed by atoms with Crippen molar-refractivity contribution in [3.05, 3.63) is 29.7 Å². The summed E-state index contributed by atoms with van der Waals surface area (Å²) in [6, 6.07) is 5.34. The molecule has 1 aliphatic rings. The van der Waals surface area contributed by atoms with E-state index in [-0.39, 0.29) is 11.8 Å². The van der Waals surface area contributed by atoms with E-state index in [0.29, 0.717) is 48.7 Å². The number of carbonyl (C=O) groups excluding carboxylic acids is 2. The standard InChI is InChI=1S/C19H25N3O3/c1-13-20-15-12-14(6-7-16(15)25-13)17(23)21-8-5-9-22(11-10-21)18(24)19(2,3)4/h6-7,12H,5,8-11H2,1-4H3. The summed E-state index contributed by atoms with van der Waals surface area (Å²) < 4.78 is 5.46. The van der Waals surface area contributed by atoms with Crippen LogP contribution >= 0.6 is 0 Å². The van der Waals surface area contributed by atoms with Gasteiger partial charge >= 0.3 is 0 Å². The average Bonchev–Trinajstić information content (AvgIpc) is 2.76. The van der Waals surface area contributed by atoms with E-state index in [2.05, 4.69) is 4.98 Å². The summed E-state index contributed by atoms with van der Waals surface area (Å²) in [6.07, 6.45) is 0.791. The smallest absolute Gasteiger partial charge is 0.253 e. The molecule has 0 bridgehead atoms. The molecule has 6 nitrogen and oxygen atoms in total. The van der Waals surface area contributed by atoms with Gasteiger partial charge in [-0.15, -0.1) is 0 Å². The van der Waals surface area contributed by atoms with Crippen LogP contribution in [0.25, 0.3) is 11.1 Å². The molecule has 0 unspecified atom stereocenters. The largest absolute Gasteiger partial charge is 0.441 e. The van der Waals surface area contributed by atoms with Crippen molar-refractivity contribution in [2.45, 2.75) is 34.1 Å². The van der Waals surface area contributed by atoms with Crippen molar-refractivity contribution in [1.82, 2.24) is 14.8 Å². The molecule has 2 aromatic rings. The van der Waals surface area contributed by atoms with Crippen LogP contribution in [0, 0.1) is 12.3 Å². The molecule has 1 aliphatic heterocycles. The quantitative estimate of drug-likeness (QED) is 0.798. The maximum atomic E-state index is 12.8. The topological polar surface area (TPSA) is 66.7 Å². The van der Waals surface area contributed by atoms with Crippen molar-refractivity contribution in [2.75, 3.05) is 26.2 Å². The van der Waals surface area contributed by atoms with Crippen LogP contribution in [0.2, 0.25) is 0 Å². The summed E-state index contributed by atoms with van der Waals surface area (Å²) in [5, 5.41) is 0. The summed E-state index contributed by atoms with van der Waals surface area (Å²) in [5.74, 6) is 0.708. The Balaban J connectivity index is 1.73. The first-order chi connectivity index (χ1) is 11.8. The van der Waals surface area contributed by atoms with Crippen LogP contribution in [0.15, 0.2) is 22.6 Å². The Morgan fingerprint density at radius 2 is 1.76 bits per heavy atom. The molecule has 0 spiro atoms. The fraction of sp³-hybridized carbons (Fsp3) is 0.526. The zero-order valence-corrected chi connectivity index (χ0v) is 15.3. The van der Waals surface area contributed by atoms with Crippen LogP contribution in [0.1, 0.15) is 43.4 Å². The highest BCUT2D eigenvalue weighted by Crippen LogP contribution is 2.21. The molecular formula is C19H25N3O3. The molecule has 2 heterocycles. The molecule has 1 aromatic heterocycles. The number of amides is 2. The molecule has 1 fully saturated rings. The van der Waals surface area contributed by atoms with Gasteiger partial charge in [0, 0.05) is 44.1 Å². The lowest BCUT2D eigenvalue weighted by atomic mass is 9.94. The maximum Gasteiger partial charge on any atom is 0.253 e. The number of aromatic nitrogens is 1. The van der Waals surface area contributed by atoms with E-state index >= 15 is 0 Å². The van der Waals surface area contributed by atoms with Crippen molar-refractivity contribution in [3.63, 3.8) is 0 Å². The van der Waals surface area contributed by atoms with Gasteiger partial charge in [0.25, 0.3) is 5.91 Å². The third-order valence-corrected chi connectivity index (χ3v) is 4.45. The lowest BCUT2D eigenvalue weighted by molar-refractivity contribution is -0.139. The number of aryl methyl sites for hydroxylation is 1. The minimum absolute atomic E-state index is 0.0207. The molecule has 0 aliphatic carbocycles. The molecule has 0 N–H and O–H groups in total. The molecule has 25 heavy (non-hydrogen) atoms. The fourth-order valence-electron chi connectivity index (χ4n) is 3.16. The van der Waals surface area contributed by atoms with Crippen molar-refractivity contribution >= 4 is 22.9 Å². The first kappa shape index (κ1) is 17.5. The van der Waals surface area contributed by atoms with Gasteiger partial charge in [0.05, 0.1) is 0 Å². The fourth-order valence-corrected chi connectivity index (χ4v) is 3.16. The Morgan fingerprint density at radius 3 is 2.48 bits per heavy atom. The second-order valence-electron chi connectivity index (χ2n) is 7.60. The average molecular weight is 343 g/mol. The molecular weight excluding hydrogens is 318 g/mol. The molecule has 134 valence electrons. The summed E-state index contributed by atoms with van der Waals surface area (Å²) in [7, 11) is 0. The van der Waals surface area contributed by atoms with Gasteiger partial charge in [-0.05, 0) is 24.6 Å². The lowest BCUT2D eigenvalue weighted by Gasteiger charge is -2.28. The van der Waals surface area contributed by atoms with Crippen LogP contribution in [0.3, 0.4) is 0 Å². The summed E-state index contributed by atoms with van der Waals surface area (Å²) >= 11 is 0. The van der Waals surface area contributed by atoms with Crippen LogP contribution in [-0.4, -0.2) is 52.8 Å². The van der Waals surface area contributed by atoms with Crippen LogP contribution < -0.4 is 0 Å². The van der Waals surface area contributed by atoms with Gasteiger partial charge < -0.3 is 14.2 Å². The SMILES string of the molecule is Cc1nc2cc(C(=O)N3CCCN(C(=O)C(C)(C)C)CC3)ccc2o1. The Morgan fingerprint density at radius 1 is 1.08 bits per heavy atom. The summed E-state index contributed by atoms with van der Waals surface area (Å²) in [6.45, 7) is 10.1. The zero-order chi connectivity index (χ0) is 18.2. The van der Waals surface area contributed by atoms with Gasteiger partial charge in [-0.3, -0.25) is 9.59 Å². The summed E-state index contributed by atoms with van der Waals surface area (Å²) in [5.41, 5.74) is 1.60. The Hall–Kier alpha value is -2.37. The van der Waals surface area contributed by atoms with E-state index in [1.54, 1.807) is 25.1 Å². The zero-order valence-electron chi connectivity index (χ0n) is 15.3. The lowest BCUT2D eigenvalue weighted by Crippen LogP contribution is -2.42. The predicted octanol–water partition coefficient (Wildman–Crippen LogP) is 2.86. The number of benzene rings is 1. The molecule has 0 saturated carbocycles. The number of oxazole rings is 1. The second kappa shape index (κ2) is 6.50. The third-order valence-electron chi connectivity index (χ3n) is 4.45. The molecule has 2 amide bonds. The summed E-state index contributed by atoms with van der Waals surface area (Å²) in [4.78, 5) is 33.3. The van der Waals surface area contributed by atoms with Crippen LogP contribution in [0.5, 0.6) is 0 Å². The Labute approximate surface area is 147 Å². The Kier molecular flexibility index (Phi) is 4.54. The van der Waals surface area contributed by atoms with Crippen molar-refractivity contribution in [1.29, 1.82) is 0 Å². The van der Waals surface area contributed by atoms with Crippen molar-refractivity contribution in [3.8, 4) is 0 Å². The first-order valence-corrected chi connectivity index (χ1v) is 8.71. The highest BCUT2D eigenvalue weighted by atomic mass is 16.3. The number of hydrogen-bond acceptors (Lipinski definition) is 4. The Bertz CT molecular complexity index is 804. The molecule has 1 aromatic carbocycles. The molecule has 3 rings (SSSR count). The predicted molar refractivity (Wildman–Crippen MR) is 95.3 cm³/mol. The number of fused-ring (bicyclic) bond motifs is 1. The molecule has 0 radical (unpaired) electrons. The van der Waals surface area contributed by atoms with Crippen LogP contribution in [-0.2, 0) is 4.79 Å². The minimum Gasteiger partial charge on any atom is -0.441 e. The van der Waals surface area contributed by atoms with E-state index in [1.165, 1.54) is 0 Å². The number of nitrogens with zero attached hydrogens (tertiary/aromatic N) is 3. The van der Waals surface area contributed by atoms with Gasteiger partial charge in [-0.2, -0.15) is 0 Å². The highest BCUT2D eigenvalue weighted by Gasteiger charge is 2.29. The molecule has 1 saturated heterocycles. The first-order valence-electron chi connectivity index (χ1n) is 8.71. The van der Waals surface area contributed by atoms with E-state index in [4.69, 9.17) is 4.42 Å². The normalized spacial score (nSPS) is 16.2. The van der Waals surface area contributed by atoms with E-state index in [9.17, 15) is 9.59 Å². The van der Waals surface area contributed by atoms with E-state index in [0.717, 1.165) is 6.42 Å². The second-order valence-corrected chi connectivity index (χ2v) is 7.60. The van der Waals surface area contributed by atoms with E-state index < -0.39 is 5.41 Å². The van der Waals surface area contributed by atoms with Crippen LogP contribution in [0.4, 0.5) is 0 Å². The highest BCUT2D eigenvalue weighted by molar-refractivity contribution is 5.97. The van der Waals surface area contributed by atoms with Gasteiger partial charge in [-0.1, -0.05) is 20.8 Å². The van der Waals surface area contributed by atoms with Crippen molar-refractivity contribution < 1.29 is 14.0 Å². The molecule has 6 heteroatoms. The van der Waals surface area contributed by atoms with Gasteiger partial charge in [0.1, 0.15) is 5.52 Å².